The van der Waals surface area contributed by atoms with Gasteiger partial charge in [0.25, 0.3) is 0 Å². The van der Waals surface area contributed by atoms with Gasteiger partial charge in [-0.05, 0) is 110 Å². The van der Waals surface area contributed by atoms with Gasteiger partial charge in [-0.25, -0.2) is 0 Å². The minimum Gasteiger partial charge on any atom is -0.456 e. The van der Waals surface area contributed by atoms with Gasteiger partial charge in [-0.2, -0.15) is 0 Å². The standard InChI is InChI=1S/C61H37NO2/c1-2-17-38(18-3-1)40-19-8-13-28-52(40)62(53-29-16-32-56-59(53)46-24-9-14-30-54(46)63-56)39-33-34-44-42-21-5-4-20-41(42)43-22-6-11-26-48(43)61(51(44)37-39)49-27-12-7-23-45(49)58-50(61)35-36-57-60(58)47-25-10-15-31-55(47)64-57/h1-37H. The number of benzene rings is 10. The molecule has 64 heavy (non-hydrogen) atoms. The van der Waals surface area contributed by atoms with Crippen LogP contribution in [0.25, 0.3) is 88.4 Å². The van der Waals surface area contributed by atoms with E-state index in [0.29, 0.717) is 0 Å². The summed E-state index contributed by atoms with van der Waals surface area (Å²) in [5, 5.41) is 4.45. The van der Waals surface area contributed by atoms with E-state index in [-0.39, 0.29) is 0 Å². The molecular formula is C61H37NO2. The summed E-state index contributed by atoms with van der Waals surface area (Å²) in [5.74, 6) is 0. The zero-order valence-electron chi connectivity index (χ0n) is 34.6. The Labute approximate surface area is 369 Å². The van der Waals surface area contributed by atoms with Crippen LogP contribution in [-0.2, 0) is 5.41 Å². The molecule has 0 aliphatic heterocycles. The van der Waals surface area contributed by atoms with Crippen LogP contribution in [0.1, 0.15) is 22.3 Å². The van der Waals surface area contributed by atoms with Gasteiger partial charge in [-0.15, -0.1) is 0 Å². The summed E-state index contributed by atoms with van der Waals surface area (Å²) in [5.41, 5.74) is 20.6. The van der Waals surface area contributed by atoms with Crippen molar-refractivity contribution < 1.29 is 8.83 Å². The van der Waals surface area contributed by atoms with Crippen molar-refractivity contribution in [3.05, 3.63) is 247 Å². The summed E-state index contributed by atoms with van der Waals surface area (Å²) in [6.45, 7) is 0. The van der Waals surface area contributed by atoms with Crippen molar-refractivity contribution >= 4 is 60.9 Å². The number of nitrogens with zero attached hydrogens (tertiary/aromatic N) is 1. The van der Waals surface area contributed by atoms with Gasteiger partial charge in [-0.3, -0.25) is 0 Å². The highest BCUT2D eigenvalue weighted by atomic mass is 16.3. The van der Waals surface area contributed by atoms with Gasteiger partial charge in [0.1, 0.15) is 22.3 Å². The van der Waals surface area contributed by atoms with Gasteiger partial charge in [0.05, 0.1) is 22.2 Å². The van der Waals surface area contributed by atoms with Crippen molar-refractivity contribution in [3.8, 4) is 44.5 Å². The maximum atomic E-state index is 6.62. The number of para-hydroxylation sites is 3. The largest absolute Gasteiger partial charge is 0.456 e. The zero-order chi connectivity index (χ0) is 41.9. The Morgan fingerprint density at radius 3 is 1.59 bits per heavy atom. The van der Waals surface area contributed by atoms with Gasteiger partial charge in [0.2, 0.25) is 0 Å². The molecule has 0 bridgehead atoms. The van der Waals surface area contributed by atoms with Crippen molar-refractivity contribution in [2.75, 3.05) is 4.90 Å². The molecule has 0 saturated carbocycles. The first-order valence-electron chi connectivity index (χ1n) is 22.0. The monoisotopic (exact) mass is 815 g/mol. The van der Waals surface area contributed by atoms with Gasteiger partial charge in [-0.1, -0.05) is 176 Å². The fourth-order valence-electron chi connectivity index (χ4n) is 11.4. The number of hydrogen-bond donors (Lipinski definition) is 0. The Hall–Kier alpha value is -8.40. The summed E-state index contributed by atoms with van der Waals surface area (Å²) in [6.07, 6.45) is 0. The van der Waals surface area contributed by atoms with E-state index in [4.69, 9.17) is 8.83 Å². The van der Waals surface area contributed by atoms with Crippen LogP contribution >= 0.6 is 0 Å². The lowest BCUT2D eigenvalue weighted by molar-refractivity contribution is 0.668. The quantitative estimate of drug-likeness (QED) is 0.177. The van der Waals surface area contributed by atoms with Crippen molar-refractivity contribution in [2.45, 2.75) is 5.41 Å². The fourth-order valence-corrected chi connectivity index (χ4v) is 11.4. The van der Waals surface area contributed by atoms with E-state index in [1.165, 1.54) is 55.6 Å². The second kappa shape index (κ2) is 13.3. The Balaban J connectivity index is 1.15. The minimum absolute atomic E-state index is 0.710. The smallest absolute Gasteiger partial charge is 0.137 e. The summed E-state index contributed by atoms with van der Waals surface area (Å²) in [6, 6.07) is 81.8. The third-order valence-corrected chi connectivity index (χ3v) is 13.9. The summed E-state index contributed by atoms with van der Waals surface area (Å²) < 4.78 is 13.2. The Kier molecular flexibility index (Phi) is 7.32. The average Bonchev–Trinajstić information content (AvgIpc) is 4.01. The van der Waals surface area contributed by atoms with Gasteiger partial charge in [0, 0.05) is 27.4 Å². The molecule has 2 aliphatic rings. The summed E-state index contributed by atoms with van der Waals surface area (Å²) in [7, 11) is 0. The summed E-state index contributed by atoms with van der Waals surface area (Å²) >= 11 is 0. The van der Waals surface area contributed by atoms with Crippen molar-refractivity contribution in [1.82, 2.24) is 0 Å². The fraction of sp³-hybridized carbons (Fsp3) is 0.0164. The maximum absolute atomic E-state index is 6.62. The Morgan fingerprint density at radius 2 is 0.844 bits per heavy atom. The van der Waals surface area contributed by atoms with E-state index in [0.717, 1.165) is 72.1 Å². The van der Waals surface area contributed by atoms with Crippen LogP contribution in [0.3, 0.4) is 0 Å². The first-order valence-corrected chi connectivity index (χ1v) is 22.0. The van der Waals surface area contributed by atoms with Crippen LogP contribution < -0.4 is 4.90 Å². The molecular weight excluding hydrogens is 779 g/mol. The molecule has 0 radical (unpaired) electrons. The number of hydrogen-bond acceptors (Lipinski definition) is 3. The SMILES string of the molecule is c1ccc(-c2ccccc2N(c2ccc3c(c2)C2(c4ccccc4-c4ccccc4-3)c3ccccc3-c3c2ccc2oc4ccccc4c32)c2cccc3oc4ccccc4c23)cc1. The van der Waals surface area contributed by atoms with E-state index in [2.05, 4.69) is 223 Å². The zero-order valence-corrected chi connectivity index (χ0v) is 34.6. The highest BCUT2D eigenvalue weighted by Crippen LogP contribution is 2.64. The molecule has 3 nitrogen and oxygen atoms in total. The van der Waals surface area contributed by atoms with Crippen LogP contribution in [0.4, 0.5) is 17.1 Å². The molecule has 2 aromatic heterocycles. The lowest BCUT2D eigenvalue weighted by atomic mass is 9.65. The molecule has 0 amide bonds. The van der Waals surface area contributed by atoms with Crippen LogP contribution in [0.15, 0.2) is 233 Å². The Bertz CT molecular complexity index is 3870. The molecule has 0 saturated heterocycles. The van der Waals surface area contributed by atoms with Crippen LogP contribution in [0, 0.1) is 0 Å². The lowest BCUT2D eigenvalue weighted by Gasteiger charge is -2.36. The number of rotatable bonds is 4. The molecule has 3 heteroatoms. The average molecular weight is 816 g/mol. The molecule has 0 fully saturated rings. The van der Waals surface area contributed by atoms with E-state index in [9.17, 15) is 0 Å². The molecule has 2 aliphatic carbocycles. The summed E-state index contributed by atoms with van der Waals surface area (Å²) in [4.78, 5) is 2.47. The number of fused-ring (bicyclic) bond motifs is 19. The highest BCUT2D eigenvalue weighted by Gasteiger charge is 2.51. The minimum atomic E-state index is -0.710. The van der Waals surface area contributed by atoms with Crippen LogP contribution in [-0.4, -0.2) is 0 Å². The van der Waals surface area contributed by atoms with Gasteiger partial charge < -0.3 is 13.7 Å². The van der Waals surface area contributed by atoms with Crippen molar-refractivity contribution in [1.29, 1.82) is 0 Å². The van der Waals surface area contributed by atoms with Gasteiger partial charge in [0.15, 0.2) is 0 Å². The lowest BCUT2D eigenvalue weighted by Crippen LogP contribution is -2.29. The third kappa shape index (κ3) is 4.70. The molecule has 1 spiro atoms. The predicted molar refractivity (Wildman–Crippen MR) is 263 cm³/mol. The molecule has 298 valence electrons. The molecule has 0 N–H and O–H groups in total. The molecule has 10 aromatic carbocycles. The van der Waals surface area contributed by atoms with E-state index < -0.39 is 5.41 Å². The number of furan rings is 2. The second-order valence-electron chi connectivity index (χ2n) is 17.0. The Morgan fingerprint density at radius 1 is 0.312 bits per heavy atom. The van der Waals surface area contributed by atoms with Crippen LogP contribution in [0.2, 0.25) is 0 Å². The topological polar surface area (TPSA) is 29.5 Å². The normalized spacial score (nSPS) is 14.6. The first kappa shape index (κ1) is 35.2. The van der Waals surface area contributed by atoms with Gasteiger partial charge >= 0.3 is 0 Å². The molecule has 1 unspecified atom stereocenters. The second-order valence-corrected chi connectivity index (χ2v) is 17.0. The maximum Gasteiger partial charge on any atom is 0.137 e. The molecule has 2 heterocycles. The van der Waals surface area contributed by atoms with Crippen molar-refractivity contribution in [2.24, 2.45) is 0 Å². The van der Waals surface area contributed by atoms with Crippen molar-refractivity contribution in [3.63, 3.8) is 0 Å². The number of anilines is 3. The van der Waals surface area contributed by atoms with E-state index in [1.807, 2.05) is 6.07 Å². The predicted octanol–water partition coefficient (Wildman–Crippen LogP) is 16.6. The van der Waals surface area contributed by atoms with Crippen LogP contribution in [0.5, 0.6) is 0 Å². The molecule has 12 aromatic rings. The molecule has 14 rings (SSSR count). The van der Waals surface area contributed by atoms with E-state index >= 15 is 0 Å². The highest BCUT2D eigenvalue weighted by molar-refractivity contribution is 6.17. The molecule has 1 atom stereocenters. The third-order valence-electron chi connectivity index (χ3n) is 13.9. The first-order chi connectivity index (χ1) is 31.8. The van der Waals surface area contributed by atoms with E-state index in [1.54, 1.807) is 0 Å².